The van der Waals surface area contributed by atoms with Crippen LogP contribution < -0.4 is 15.4 Å². The molecule has 0 bridgehead atoms. The highest BCUT2D eigenvalue weighted by Crippen LogP contribution is 2.22. The van der Waals surface area contributed by atoms with Gasteiger partial charge in [0.25, 0.3) is 0 Å². The van der Waals surface area contributed by atoms with Crippen LogP contribution in [0.3, 0.4) is 0 Å². The number of aliphatic imine (C=N–C) groups is 1. The molecule has 2 N–H and O–H groups in total. The van der Waals surface area contributed by atoms with Gasteiger partial charge in [0.05, 0.1) is 18.8 Å². The minimum atomic E-state index is -0.933. The highest BCUT2D eigenvalue weighted by atomic mass is 19.2. The van der Waals surface area contributed by atoms with E-state index in [0.29, 0.717) is 25.0 Å². The minimum Gasteiger partial charge on any atom is -0.492 e. The first-order valence-electron chi connectivity index (χ1n) is 9.05. The first-order valence-corrected chi connectivity index (χ1v) is 9.05. The van der Waals surface area contributed by atoms with Crippen molar-refractivity contribution in [2.45, 2.75) is 39.2 Å². The van der Waals surface area contributed by atoms with Crippen LogP contribution in [0.2, 0.25) is 0 Å². The average molecular weight is 380 g/mol. The van der Waals surface area contributed by atoms with Crippen molar-refractivity contribution in [1.29, 1.82) is 0 Å². The summed E-state index contributed by atoms with van der Waals surface area (Å²) in [4.78, 5) is 4.11. The van der Waals surface area contributed by atoms with Crippen molar-refractivity contribution in [1.82, 2.24) is 15.8 Å². The molecule has 0 spiro atoms. The van der Waals surface area contributed by atoms with E-state index in [0.717, 1.165) is 36.4 Å². The number of ether oxygens (including phenoxy) is 1. The van der Waals surface area contributed by atoms with Crippen LogP contribution in [0, 0.1) is 11.6 Å². The maximum Gasteiger partial charge on any atom is 0.191 e. The Morgan fingerprint density at radius 1 is 1.19 bits per heavy atom. The van der Waals surface area contributed by atoms with Gasteiger partial charge < -0.3 is 19.9 Å². The Bertz CT molecular complexity index is 745. The number of benzene rings is 1. The van der Waals surface area contributed by atoms with E-state index in [9.17, 15) is 8.78 Å². The molecule has 1 aromatic heterocycles. The van der Waals surface area contributed by atoms with Gasteiger partial charge in [-0.3, -0.25) is 4.99 Å². The molecule has 0 unspecified atom stereocenters. The van der Waals surface area contributed by atoms with Crippen molar-refractivity contribution in [2.24, 2.45) is 4.99 Å². The number of hydrogen-bond donors (Lipinski definition) is 2. The van der Waals surface area contributed by atoms with Gasteiger partial charge >= 0.3 is 0 Å². The topological polar surface area (TPSA) is 71.7 Å². The van der Waals surface area contributed by atoms with Crippen LogP contribution in [-0.2, 0) is 6.54 Å². The number of aromatic nitrogens is 1. The molecule has 27 heavy (non-hydrogen) atoms. The lowest BCUT2D eigenvalue weighted by atomic mass is 9.99. The van der Waals surface area contributed by atoms with Gasteiger partial charge in [-0.05, 0) is 25.0 Å². The Morgan fingerprint density at radius 2 is 1.96 bits per heavy atom. The molecule has 0 saturated carbocycles. The number of nitrogens with zero attached hydrogens (tertiary/aromatic N) is 2. The van der Waals surface area contributed by atoms with Crippen LogP contribution in [0.1, 0.15) is 44.1 Å². The molecule has 0 amide bonds. The predicted octanol–water partition coefficient (Wildman–Crippen LogP) is 3.60. The molecule has 148 valence electrons. The fourth-order valence-electron chi connectivity index (χ4n) is 2.61. The zero-order valence-corrected chi connectivity index (χ0v) is 15.9. The van der Waals surface area contributed by atoms with Crippen LogP contribution in [-0.4, -0.2) is 31.3 Å². The second kappa shape index (κ2) is 10.5. The molecule has 1 heterocycles. The molecule has 6 nitrogen and oxygen atoms in total. The van der Waals surface area contributed by atoms with Crippen LogP contribution in [0.4, 0.5) is 8.78 Å². The summed E-state index contributed by atoms with van der Waals surface area (Å²) in [7, 11) is 1.65. The van der Waals surface area contributed by atoms with Crippen LogP contribution in [0.15, 0.2) is 33.8 Å². The van der Waals surface area contributed by atoms with E-state index in [2.05, 4.69) is 34.6 Å². The summed E-state index contributed by atoms with van der Waals surface area (Å²) in [6.45, 7) is 5.43. The van der Waals surface area contributed by atoms with Crippen molar-refractivity contribution in [3.05, 3.63) is 47.4 Å². The average Bonchev–Trinajstić information content (AvgIpc) is 3.13. The Labute approximate surface area is 158 Å². The Hall–Kier alpha value is -2.64. The molecule has 0 aliphatic rings. The molecule has 0 radical (unpaired) electrons. The van der Waals surface area contributed by atoms with Crippen LogP contribution in [0.5, 0.6) is 5.75 Å². The molecular formula is C19H26F2N4O2. The zero-order valence-electron chi connectivity index (χ0n) is 15.9. The molecule has 2 rings (SSSR count). The van der Waals surface area contributed by atoms with Crippen molar-refractivity contribution >= 4 is 5.96 Å². The maximum absolute atomic E-state index is 13.1. The normalized spacial score (nSPS) is 11.7. The quantitative estimate of drug-likeness (QED) is 0.395. The zero-order chi connectivity index (χ0) is 19.6. The fourth-order valence-corrected chi connectivity index (χ4v) is 2.61. The largest absolute Gasteiger partial charge is 0.492 e. The van der Waals surface area contributed by atoms with Gasteiger partial charge in [-0.25, -0.2) is 8.78 Å². The summed E-state index contributed by atoms with van der Waals surface area (Å²) < 4.78 is 36.7. The number of hydrogen-bond acceptors (Lipinski definition) is 4. The number of guanidine groups is 1. The second-order valence-corrected chi connectivity index (χ2v) is 6.01. The molecule has 0 aliphatic heterocycles. The van der Waals surface area contributed by atoms with E-state index in [1.165, 1.54) is 6.07 Å². The number of rotatable bonds is 9. The summed E-state index contributed by atoms with van der Waals surface area (Å²) in [5, 5.41) is 10.3. The van der Waals surface area contributed by atoms with Gasteiger partial charge in [0.1, 0.15) is 12.4 Å². The highest BCUT2D eigenvalue weighted by Gasteiger charge is 2.13. The molecule has 0 atom stereocenters. The summed E-state index contributed by atoms with van der Waals surface area (Å²) in [6, 6.07) is 5.40. The minimum absolute atomic E-state index is 0.271. The number of halogens is 2. The van der Waals surface area contributed by atoms with Crippen molar-refractivity contribution in [3.8, 4) is 5.75 Å². The lowest BCUT2D eigenvalue weighted by Gasteiger charge is -2.11. The molecule has 0 saturated heterocycles. The molecule has 8 heteroatoms. The fraction of sp³-hybridized carbons (Fsp3) is 0.474. The summed E-state index contributed by atoms with van der Waals surface area (Å²) in [5.74, 6) is 0.160. The van der Waals surface area contributed by atoms with E-state index in [-0.39, 0.29) is 12.4 Å². The second-order valence-electron chi connectivity index (χ2n) is 6.01. The lowest BCUT2D eigenvalue weighted by molar-refractivity contribution is 0.318. The predicted molar refractivity (Wildman–Crippen MR) is 99.9 cm³/mol. The van der Waals surface area contributed by atoms with E-state index >= 15 is 0 Å². The monoisotopic (exact) mass is 380 g/mol. The van der Waals surface area contributed by atoms with Crippen molar-refractivity contribution < 1.29 is 18.0 Å². The Kier molecular flexibility index (Phi) is 8.03. The van der Waals surface area contributed by atoms with E-state index in [1.807, 2.05) is 6.07 Å². The van der Waals surface area contributed by atoms with Gasteiger partial charge in [0.2, 0.25) is 0 Å². The van der Waals surface area contributed by atoms with Gasteiger partial charge in [0.15, 0.2) is 23.4 Å². The first-order chi connectivity index (χ1) is 13.1. The summed E-state index contributed by atoms with van der Waals surface area (Å²) >= 11 is 0. The molecule has 1 aromatic carbocycles. The first kappa shape index (κ1) is 20.7. The molecule has 0 fully saturated rings. The maximum atomic E-state index is 13.1. The van der Waals surface area contributed by atoms with Gasteiger partial charge in [-0.1, -0.05) is 19.0 Å². The van der Waals surface area contributed by atoms with Gasteiger partial charge in [0, 0.05) is 25.1 Å². The van der Waals surface area contributed by atoms with Crippen molar-refractivity contribution in [3.63, 3.8) is 0 Å². The van der Waals surface area contributed by atoms with E-state index in [4.69, 9.17) is 9.26 Å². The third-order valence-corrected chi connectivity index (χ3v) is 4.19. The Balaban J connectivity index is 1.73. The molecule has 2 aromatic rings. The van der Waals surface area contributed by atoms with E-state index < -0.39 is 11.6 Å². The summed E-state index contributed by atoms with van der Waals surface area (Å²) in [5.41, 5.74) is 0.972. The van der Waals surface area contributed by atoms with Gasteiger partial charge in [-0.2, -0.15) is 0 Å². The Morgan fingerprint density at radius 3 is 2.63 bits per heavy atom. The summed E-state index contributed by atoms with van der Waals surface area (Å²) in [6.07, 6.45) is 2.05. The third kappa shape index (κ3) is 6.23. The highest BCUT2D eigenvalue weighted by molar-refractivity contribution is 5.79. The SMILES string of the molecule is CCC(CC)c1cc(CNC(=NC)NCCOc2ccc(F)c(F)c2)on1. The third-order valence-electron chi connectivity index (χ3n) is 4.19. The van der Waals surface area contributed by atoms with Gasteiger partial charge in [-0.15, -0.1) is 0 Å². The molecule has 0 aliphatic carbocycles. The molecular weight excluding hydrogens is 354 g/mol. The van der Waals surface area contributed by atoms with Crippen molar-refractivity contribution in [2.75, 3.05) is 20.2 Å². The lowest BCUT2D eigenvalue weighted by Crippen LogP contribution is -2.38. The smallest absolute Gasteiger partial charge is 0.191 e. The van der Waals surface area contributed by atoms with E-state index in [1.54, 1.807) is 7.05 Å². The standard InChI is InChI=1S/C19H26F2N4O2/c1-4-13(5-2)18-11-15(27-25-18)12-24-19(22-3)23-8-9-26-14-6-7-16(20)17(21)10-14/h6-7,10-11,13H,4-5,8-9,12H2,1-3H3,(H2,22,23,24). The van der Waals surface area contributed by atoms with Crippen LogP contribution in [0.25, 0.3) is 0 Å². The van der Waals surface area contributed by atoms with Crippen LogP contribution >= 0.6 is 0 Å². The number of nitrogens with one attached hydrogen (secondary N) is 2.